The Kier molecular flexibility index (Phi) is 4.40. The quantitative estimate of drug-likeness (QED) is 0.748. The van der Waals surface area contributed by atoms with Gasteiger partial charge < -0.3 is 9.47 Å². The van der Waals surface area contributed by atoms with Gasteiger partial charge in [0.25, 0.3) is 6.26 Å². The molecule has 3 nitrogen and oxygen atoms in total. The third-order valence-electron chi connectivity index (χ3n) is 3.17. The normalized spacial score (nSPS) is 23.9. The number of nitrogens with zero attached hydrogens (tertiary/aromatic N) is 1. The lowest BCUT2D eigenvalue weighted by atomic mass is 9.95. The maximum atomic E-state index is 8.43. The van der Waals surface area contributed by atoms with Crippen LogP contribution in [0.5, 0.6) is 0 Å². The molecule has 0 radical (unpaired) electrons. The topological polar surface area (TPSA) is 42.2 Å². The summed E-state index contributed by atoms with van der Waals surface area (Å²) in [4.78, 5) is 0. The van der Waals surface area contributed by atoms with Crippen LogP contribution in [0.3, 0.4) is 0 Å². The highest BCUT2D eigenvalue weighted by Gasteiger charge is 2.22. The standard InChI is InChI=1S/C14H17NO2/c15-11-17-14-8-6-13(7-9-14)16-10-12-4-2-1-3-5-12/h1-5,13-14H,6-10H2. The lowest BCUT2D eigenvalue weighted by Crippen LogP contribution is -2.25. The van der Waals surface area contributed by atoms with Gasteiger partial charge in [-0.3, -0.25) is 0 Å². The van der Waals surface area contributed by atoms with Gasteiger partial charge in [0.2, 0.25) is 0 Å². The molecule has 0 saturated heterocycles. The summed E-state index contributed by atoms with van der Waals surface area (Å²) in [6.45, 7) is 0.676. The molecule has 0 bridgehead atoms. The Morgan fingerprint density at radius 1 is 1.06 bits per heavy atom. The van der Waals surface area contributed by atoms with Crippen molar-refractivity contribution >= 4 is 0 Å². The Bertz CT molecular complexity index is 364. The largest absolute Gasteiger partial charge is 0.424 e. The summed E-state index contributed by atoms with van der Waals surface area (Å²) in [5.41, 5.74) is 1.21. The number of ether oxygens (including phenoxy) is 2. The average Bonchev–Trinajstić information content (AvgIpc) is 2.40. The molecule has 0 atom stereocenters. The minimum atomic E-state index is 0.108. The van der Waals surface area contributed by atoms with Crippen molar-refractivity contribution in [1.82, 2.24) is 0 Å². The van der Waals surface area contributed by atoms with E-state index in [4.69, 9.17) is 14.7 Å². The molecule has 0 aromatic heterocycles. The summed E-state index contributed by atoms with van der Waals surface area (Å²) in [6, 6.07) is 10.2. The third-order valence-corrected chi connectivity index (χ3v) is 3.17. The maximum Gasteiger partial charge on any atom is 0.286 e. The number of hydrogen-bond acceptors (Lipinski definition) is 3. The van der Waals surface area contributed by atoms with Gasteiger partial charge in [-0.1, -0.05) is 30.3 Å². The Labute approximate surface area is 102 Å². The van der Waals surface area contributed by atoms with Crippen LogP contribution in [0, 0.1) is 11.5 Å². The first-order valence-corrected chi connectivity index (χ1v) is 6.09. The molecule has 1 aliphatic carbocycles. The Morgan fingerprint density at radius 2 is 1.71 bits per heavy atom. The van der Waals surface area contributed by atoms with Crippen LogP contribution in [0.25, 0.3) is 0 Å². The van der Waals surface area contributed by atoms with Crippen LogP contribution in [0.1, 0.15) is 31.2 Å². The second-order valence-corrected chi connectivity index (χ2v) is 4.40. The second kappa shape index (κ2) is 6.27. The summed E-state index contributed by atoms with van der Waals surface area (Å²) in [5, 5.41) is 8.43. The van der Waals surface area contributed by atoms with E-state index < -0.39 is 0 Å². The van der Waals surface area contributed by atoms with E-state index in [0.717, 1.165) is 25.7 Å². The number of benzene rings is 1. The Morgan fingerprint density at radius 3 is 2.35 bits per heavy atom. The molecule has 17 heavy (non-hydrogen) atoms. The number of hydrogen-bond donors (Lipinski definition) is 0. The van der Waals surface area contributed by atoms with Crippen molar-refractivity contribution in [3.63, 3.8) is 0 Å². The van der Waals surface area contributed by atoms with Crippen LogP contribution < -0.4 is 0 Å². The summed E-state index contributed by atoms with van der Waals surface area (Å²) in [6.07, 6.45) is 6.01. The molecule has 0 unspecified atom stereocenters. The summed E-state index contributed by atoms with van der Waals surface area (Å²) >= 11 is 0. The van der Waals surface area contributed by atoms with Crippen LogP contribution in [-0.4, -0.2) is 12.2 Å². The van der Waals surface area contributed by atoms with Gasteiger partial charge in [-0.15, -0.1) is 0 Å². The van der Waals surface area contributed by atoms with E-state index in [1.807, 2.05) is 18.2 Å². The molecule has 0 N–H and O–H groups in total. The van der Waals surface area contributed by atoms with Gasteiger partial charge in [-0.05, 0) is 31.2 Å². The zero-order chi connectivity index (χ0) is 11.9. The van der Waals surface area contributed by atoms with Crippen LogP contribution in [0.4, 0.5) is 0 Å². The highest BCUT2D eigenvalue weighted by Crippen LogP contribution is 2.24. The van der Waals surface area contributed by atoms with E-state index in [9.17, 15) is 0 Å². The van der Waals surface area contributed by atoms with Crippen LogP contribution in [0.15, 0.2) is 30.3 Å². The van der Waals surface area contributed by atoms with Crippen LogP contribution >= 0.6 is 0 Å². The Balaban J connectivity index is 1.70. The fourth-order valence-corrected chi connectivity index (χ4v) is 2.18. The summed E-state index contributed by atoms with van der Waals surface area (Å²) < 4.78 is 10.8. The van der Waals surface area contributed by atoms with E-state index in [-0.39, 0.29) is 6.10 Å². The molecule has 2 rings (SSSR count). The molecule has 1 saturated carbocycles. The van der Waals surface area contributed by atoms with Gasteiger partial charge in [0.05, 0.1) is 12.7 Å². The Hall–Kier alpha value is -1.53. The highest BCUT2D eigenvalue weighted by atomic mass is 16.5. The molecule has 90 valence electrons. The number of rotatable bonds is 4. The molecule has 3 heteroatoms. The molecule has 1 aromatic rings. The van der Waals surface area contributed by atoms with Crippen molar-refractivity contribution in [2.75, 3.05) is 0 Å². The SMILES string of the molecule is N#COC1CCC(OCc2ccccc2)CC1. The van der Waals surface area contributed by atoms with Gasteiger partial charge in [-0.25, -0.2) is 0 Å². The summed E-state index contributed by atoms with van der Waals surface area (Å²) in [7, 11) is 0. The molecule has 0 aliphatic heterocycles. The number of nitriles is 1. The zero-order valence-corrected chi connectivity index (χ0v) is 9.84. The molecule has 0 spiro atoms. The molecular weight excluding hydrogens is 214 g/mol. The first-order valence-electron chi connectivity index (χ1n) is 6.09. The van der Waals surface area contributed by atoms with E-state index in [1.165, 1.54) is 5.56 Å². The lowest BCUT2D eigenvalue weighted by Gasteiger charge is -2.26. The van der Waals surface area contributed by atoms with E-state index >= 15 is 0 Å². The fraction of sp³-hybridized carbons (Fsp3) is 0.500. The molecule has 1 aliphatic rings. The van der Waals surface area contributed by atoms with Crippen molar-refractivity contribution in [2.45, 2.75) is 44.5 Å². The fourth-order valence-electron chi connectivity index (χ4n) is 2.18. The van der Waals surface area contributed by atoms with Gasteiger partial charge in [0.1, 0.15) is 6.10 Å². The van der Waals surface area contributed by atoms with Crippen molar-refractivity contribution in [2.24, 2.45) is 0 Å². The van der Waals surface area contributed by atoms with E-state index in [2.05, 4.69) is 12.1 Å². The highest BCUT2D eigenvalue weighted by molar-refractivity contribution is 5.13. The molecule has 1 aromatic carbocycles. The minimum Gasteiger partial charge on any atom is -0.424 e. The van der Waals surface area contributed by atoms with Crippen LogP contribution in [0.2, 0.25) is 0 Å². The second-order valence-electron chi connectivity index (χ2n) is 4.40. The maximum absolute atomic E-state index is 8.43. The molecule has 0 heterocycles. The van der Waals surface area contributed by atoms with Crippen molar-refractivity contribution in [3.8, 4) is 6.26 Å². The predicted octanol–water partition coefficient (Wildman–Crippen LogP) is 3.01. The van der Waals surface area contributed by atoms with Gasteiger partial charge in [0, 0.05) is 0 Å². The monoisotopic (exact) mass is 231 g/mol. The summed E-state index contributed by atoms with van der Waals surface area (Å²) in [5.74, 6) is 0. The predicted molar refractivity (Wildman–Crippen MR) is 64.0 cm³/mol. The minimum absolute atomic E-state index is 0.108. The average molecular weight is 231 g/mol. The van der Waals surface area contributed by atoms with Crippen molar-refractivity contribution < 1.29 is 9.47 Å². The van der Waals surface area contributed by atoms with Gasteiger partial charge in [-0.2, -0.15) is 5.26 Å². The zero-order valence-electron chi connectivity index (χ0n) is 9.84. The van der Waals surface area contributed by atoms with Gasteiger partial charge in [0.15, 0.2) is 0 Å². The van der Waals surface area contributed by atoms with E-state index in [1.54, 1.807) is 6.26 Å². The smallest absolute Gasteiger partial charge is 0.286 e. The molecule has 1 fully saturated rings. The first kappa shape index (κ1) is 11.9. The van der Waals surface area contributed by atoms with Crippen molar-refractivity contribution in [3.05, 3.63) is 35.9 Å². The molecule has 0 amide bonds. The third kappa shape index (κ3) is 3.76. The van der Waals surface area contributed by atoms with E-state index in [0.29, 0.717) is 12.7 Å². The van der Waals surface area contributed by atoms with Gasteiger partial charge >= 0.3 is 0 Å². The van der Waals surface area contributed by atoms with Crippen molar-refractivity contribution in [1.29, 1.82) is 5.26 Å². The van der Waals surface area contributed by atoms with Crippen LogP contribution in [-0.2, 0) is 16.1 Å². The molecular formula is C14H17NO2. The lowest BCUT2D eigenvalue weighted by molar-refractivity contribution is -0.0125. The first-order chi connectivity index (χ1) is 8.38.